The smallest absolute Gasteiger partial charge is 0.411 e. The molecule has 0 atom stereocenters. The molecule has 8 nitrogen and oxygen atoms in total. The number of benzene rings is 4. The van der Waals surface area contributed by atoms with Gasteiger partial charge in [-0.2, -0.15) is 4.58 Å². The maximum Gasteiger partial charge on any atom is 0.411 e. The monoisotopic (exact) mass is 930 g/mol. The van der Waals surface area contributed by atoms with E-state index in [-0.39, 0.29) is 27.9 Å². The fourth-order valence-corrected chi connectivity index (χ4v) is 10.2. The normalized spacial score (nSPS) is 17.4. The molecular formula is C56H67ClF2N5O3+. The molecular weight excluding hydrogens is 864 g/mol. The van der Waals surface area contributed by atoms with Gasteiger partial charge in [-0.15, -0.1) is 0 Å². The van der Waals surface area contributed by atoms with Crippen molar-refractivity contribution in [2.75, 3.05) is 50.0 Å². The minimum Gasteiger partial charge on any atom is -0.446 e. The molecule has 67 heavy (non-hydrogen) atoms. The van der Waals surface area contributed by atoms with Crippen LogP contribution in [0.5, 0.6) is 0 Å². The summed E-state index contributed by atoms with van der Waals surface area (Å²) in [5.74, 6) is -0.934. The first-order valence-corrected chi connectivity index (χ1v) is 24.5. The van der Waals surface area contributed by atoms with Crippen LogP contribution in [0.1, 0.15) is 103 Å². The van der Waals surface area contributed by atoms with Crippen LogP contribution in [0.25, 0.3) is 11.1 Å². The first-order chi connectivity index (χ1) is 32.2. The number of unbranched alkanes of at least 4 members (excludes halogenated alkanes) is 5. The van der Waals surface area contributed by atoms with E-state index in [4.69, 9.17) is 16.3 Å². The number of hydrogen-bond acceptors (Lipinski definition) is 5. The first-order valence-electron chi connectivity index (χ1n) is 24.1. The van der Waals surface area contributed by atoms with Crippen molar-refractivity contribution in [2.45, 2.75) is 109 Å². The zero-order valence-corrected chi connectivity index (χ0v) is 40.6. The lowest BCUT2D eigenvalue weighted by Crippen LogP contribution is -2.38. The lowest BCUT2D eigenvalue weighted by Gasteiger charge is -2.31. The molecule has 7 rings (SSSR count). The Balaban J connectivity index is 0.754. The lowest BCUT2D eigenvalue weighted by molar-refractivity contribution is -0.401. The predicted octanol–water partition coefficient (Wildman–Crippen LogP) is 13.0. The molecule has 0 aromatic heterocycles. The van der Waals surface area contributed by atoms with Crippen molar-refractivity contribution < 1.29 is 27.7 Å². The van der Waals surface area contributed by atoms with Gasteiger partial charge in [0.05, 0.1) is 16.1 Å². The number of allylic oxidation sites excluding steroid dienone is 6. The molecule has 0 bridgehead atoms. The van der Waals surface area contributed by atoms with E-state index < -0.39 is 17.7 Å². The molecule has 4 aromatic carbocycles. The number of fused-ring (bicyclic) bond motifs is 2. The molecule has 3 aliphatic rings. The summed E-state index contributed by atoms with van der Waals surface area (Å²) in [6.07, 6.45) is 19.2. The van der Waals surface area contributed by atoms with Crippen LogP contribution < -0.4 is 15.5 Å². The van der Waals surface area contributed by atoms with Gasteiger partial charge >= 0.3 is 6.09 Å². The SMILES string of the molecule is C[N+]1=C(/C=C/C=C/C=C2\N(CCCCCC(=O)NCCCCCCN3CCC(OC(=O)Nc4ccc(F)cc4-c4ccc(F)c(Cl)c4)CC3)c3ccccc3C2(C)C)C(C)(C)c2ccccc21. The van der Waals surface area contributed by atoms with E-state index in [1.807, 2.05) is 0 Å². The zero-order valence-electron chi connectivity index (χ0n) is 39.9. The highest BCUT2D eigenvalue weighted by atomic mass is 35.5. The molecule has 0 radical (unpaired) electrons. The second-order valence-electron chi connectivity index (χ2n) is 19.1. The first kappa shape index (κ1) is 49.3. The summed E-state index contributed by atoms with van der Waals surface area (Å²) in [4.78, 5) is 30.4. The number of para-hydroxylation sites is 2. The van der Waals surface area contributed by atoms with Crippen LogP contribution in [-0.4, -0.2) is 73.1 Å². The zero-order chi connectivity index (χ0) is 47.6. The average molecular weight is 932 g/mol. The van der Waals surface area contributed by atoms with Gasteiger partial charge in [0, 0.05) is 72.7 Å². The summed E-state index contributed by atoms with van der Waals surface area (Å²) in [6.45, 7) is 13.5. The van der Waals surface area contributed by atoms with Gasteiger partial charge in [0.1, 0.15) is 24.8 Å². The van der Waals surface area contributed by atoms with Crippen molar-refractivity contribution in [3.05, 3.63) is 149 Å². The molecule has 0 unspecified atom stereocenters. The number of amides is 2. The van der Waals surface area contributed by atoms with Crippen LogP contribution >= 0.6 is 11.6 Å². The molecule has 2 N–H and O–H groups in total. The Hall–Kier alpha value is -5.58. The standard InChI is InChI=1S/C56H66ClF2N5O3/c1-55(2)44-20-13-15-22-49(44)62(5)51(55)24-10-8-11-25-52-56(3,4)45-21-14-16-23-50(45)64(52)35-19-9-12-26-53(65)60-33-17-6-7-18-34-63-36-31-42(32-37-63)67-54(66)61-48-30-28-41(58)39-43(48)40-27-29-47(59)46(57)38-40/h8,10-11,13-16,20-25,27-30,38-39,42H,6-7,9,12,17-19,26,31-37H2,1-5H3,(H-,60,61,65,66)/p+1. The Morgan fingerprint density at radius 2 is 1.52 bits per heavy atom. The summed E-state index contributed by atoms with van der Waals surface area (Å²) in [5, 5.41) is 5.77. The summed E-state index contributed by atoms with van der Waals surface area (Å²) in [7, 11) is 2.15. The number of hydrogen-bond donors (Lipinski definition) is 2. The summed E-state index contributed by atoms with van der Waals surface area (Å²) in [5.41, 5.74) is 8.87. The van der Waals surface area contributed by atoms with Gasteiger partial charge in [-0.1, -0.05) is 105 Å². The molecule has 11 heteroatoms. The fraction of sp³-hybridized carbons (Fsp3) is 0.411. The van der Waals surface area contributed by atoms with Crippen LogP contribution in [0.2, 0.25) is 5.02 Å². The summed E-state index contributed by atoms with van der Waals surface area (Å²) < 4.78 is 35.9. The van der Waals surface area contributed by atoms with Crippen molar-refractivity contribution in [3.63, 3.8) is 0 Å². The molecule has 2 amide bonds. The number of ether oxygens (including phenoxy) is 1. The maximum atomic E-state index is 14.1. The largest absolute Gasteiger partial charge is 0.446 e. The third-order valence-corrected chi connectivity index (χ3v) is 14.0. The Labute approximate surface area is 401 Å². The number of carbonyl (C=O) groups is 2. The van der Waals surface area contributed by atoms with Crippen LogP contribution in [0.4, 0.5) is 30.6 Å². The van der Waals surface area contributed by atoms with Gasteiger partial charge < -0.3 is 19.9 Å². The number of anilines is 2. The van der Waals surface area contributed by atoms with Crippen molar-refractivity contribution in [2.24, 2.45) is 0 Å². The second-order valence-corrected chi connectivity index (χ2v) is 19.5. The van der Waals surface area contributed by atoms with Crippen LogP contribution in [0.3, 0.4) is 0 Å². The Bertz CT molecular complexity index is 2520. The van der Waals surface area contributed by atoms with Gasteiger partial charge in [-0.25, -0.2) is 13.6 Å². The quantitative estimate of drug-likeness (QED) is 0.0556. The molecule has 3 heterocycles. The third-order valence-electron chi connectivity index (χ3n) is 13.7. The summed E-state index contributed by atoms with van der Waals surface area (Å²) in [6, 6.07) is 25.5. The van der Waals surface area contributed by atoms with Crippen molar-refractivity contribution in [1.82, 2.24) is 10.2 Å². The highest BCUT2D eigenvalue weighted by molar-refractivity contribution is 6.31. The minimum atomic E-state index is -0.612. The van der Waals surface area contributed by atoms with E-state index in [0.717, 1.165) is 84.0 Å². The number of halogens is 3. The van der Waals surface area contributed by atoms with Gasteiger partial charge in [-0.05, 0) is 113 Å². The van der Waals surface area contributed by atoms with Crippen LogP contribution in [0, 0.1) is 11.6 Å². The number of nitrogens with one attached hydrogen (secondary N) is 2. The van der Waals surface area contributed by atoms with Crippen molar-refractivity contribution >= 4 is 46.4 Å². The van der Waals surface area contributed by atoms with Crippen LogP contribution in [0.15, 0.2) is 121 Å². The van der Waals surface area contributed by atoms with Gasteiger partial charge in [-0.3, -0.25) is 10.1 Å². The minimum absolute atomic E-state index is 0.0527. The van der Waals surface area contributed by atoms with E-state index in [2.05, 4.69) is 139 Å². The Morgan fingerprint density at radius 3 is 2.30 bits per heavy atom. The molecule has 4 aromatic rings. The number of piperidine rings is 1. The van der Waals surface area contributed by atoms with Crippen molar-refractivity contribution in [1.29, 1.82) is 0 Å². The molecule has 354 valence electrons. The predicted molar refractivity (Wildman–Crippen MR) is 270 cm³/mol. The highest BCUT2D eigenvalue weighted by Gasteiger charge is 2.42. The number of carbonyl (C=O) groups excluding carboxylic acids is 2. The number of likely N-dealkylation sites (tertiary alicyclic amines) is 1. The molecule has 1 fully saturated rings. The maximum absolute atomic E-state index is 14.1. The third kappa shape index (κ3) is 12.1. The topological polar surface area (TPSA) is 76.9 Å². The van der Waals surface area contributed by atoms with Gasteiger partial charge in [0.15, 0.2) is 5.71 Å². The van der Waals surface area contributed by atoms with E-state index in [1.165, 1.54) is 70.3 Å². The van der Waals surface area contributed by atoms with E-state index in [9.17, 15) is 18.4 Å². The fourth-order valence-electron chi connectivity index (χ4n) is 9.97. The van der Waals surface area contributed by atoms with E-state index in [0.29, 0.717) is 29.8 Å². The summed E-state index contributed by atoms with van der Waals surface area (Å²) >= 11 is 5.95. The lowest BCUT2D eigenvalue weighted by atomic mass is 9.81. The highest BCUT2D eigenvalue weighted by Crippen LogP contribution is 2.48. The molecule has 1 saturated heterocycles. The number of rotatable bonds is 19. The van der Waals surface area contributed by atoms with Gasteiger partial charge in [0.2, 0.25) is 11.6 Å². The molecule has 0 saturated carbocycles. The Kier molecular flexibility index (Phi) is 16.5. The number of nitrogens with zero attached hydrogens (tertiary/aromatic N) is 3. The van der Waals surface area contributed by atoms with E-state index in [1.54, 1.807) is 0 Å². The van der Waals surface area contributed by atoms with Crippen molar-refractivity contribution in [3.8, 4) is 11.1 Å². The molecule has 0 spiro atoms. The second kappa shape index (κ2) is 22.5. The Morgan fingerprint density at radius 1 is 0.806 bits per heavy atom. The molecule has 3 aliphatic heterocycles. The van der Waals surface area contributed by atoms with Crippen LogP contribution in [-0.2, 0) is 20.4 Å². The van der Waals surface area contributed by atoms with Gasteiger partial charge in [0.25, 0.3) is 0 Å². The van der Waals surface area contributed by atoms with E-state index >= 15 is 0 Å². The molecule has 0 aliphatic carbocycles. The average Bonchev–Trinajstić information content (AvgIpc) is 3.64.